The quantitative estimate of drug-likeness (QED) is 0.606. The zero-order valence-corrected chi connectivity index (χ0v) is 17.6. The minimum Gasteiger partial charge on any atom is -0.481 e. The number of carbonyl (C=O) groups is 2. The maximum Gasteiger partial charge on any atom is 0.307 e. The molecule has 0 atom stereocenters. The Balaban J connectivity index is 2.00. The monoisotopic (exact) mass is 417 g/mol. The topological polar surface area (TPSA) is 57.6 Å². The number of halogens is 1. The predicted molar refractivity (Wildman–Crippen MR) is 114 cm³/mol. The van der Waals surface area contributed by atoms with E-state index in [0.29, 0.717) is 23.7 Å². The van der Waals surface area contributed by atoms with Crippen LogP contribution in [0.5, 0.6) is 0 Å². The molecule has 3 rings (SSSR count). The number of nitrogens with zero attached hydrogens (tertiary/aromatic N) is 1. The van der Waals surface area contributed by atoms with Gasteiger partial charge in [0.1, 0.15) is 0 Å². The summed E-state index contributed by atoms with van der Waals surface area (Å²) in [4.78, 5) is 26.8. The third kappa shape index (κ3) is 5.09. The number of carboxylic acids is 1. The molecule has 1 saturated carbocycles. The summed E-state index contributed by atoms with van der Waals surface area (Å²) in [6.45, 7) is 3.21. The molecule has 2 aromatic rings. The molecule has 1 fully saturated rings. The number of hydrogen-bond acceptors (Lipinski definition) is 3. The van der Waals surface area contributed by atoms with Gasteiger partial charge in [-0.3, -0.25) is 9.59 Å². The minimum absolute atomic E-state index is 0.0763. The summed E-state index contributed by atoms with van der Waals surface area (Å²) in [5, 5.41) is 9.63. The lowest BCUT2D eigenvalue weighted by Crippen LogP contribution is -2.31. The first-order chi connectivity index (χ1) is 13.4. The van der Waals surface area contributed by atoms with Gasteiger partial charge < -0.3 is 10.0 Å². The van der Waals surface area contributed by atoms with Crippen LogP contribution in [0, 0.1) is 5.92 Å². The molecular weight excluding hydrogens is 394 g/mol. The SMILES string of the molecule is CCN(Cc1cc(SC)ccc1-c1cc(Cl)cc(CC(=O)O)c1)C(=O)C1CC1. The maximum absolute atomic E-state index is 12.6. The lowest BCUT2D eigenvalue weighted by molar-refractivity contribution is -0.136. The maximum atomic E-state index is 12.6. The first-order valence-corrected chi connectivity index (χ1v) is 11.0. The van der Waals surface area contributed by atoms with E-state index in [1.165, 1.54) is 0 Å². The lowest BCUT2D eigenvalue weighted by atomic mass is 9.96. The number of amides is 1. The molecule has 0 radical (unpaired) electrons. The Morgan fingerprint density at radius 3 is 2.57 bits per heavy atom. The second-order valence-electron chi connectivity index (χ2n) is 7.07. The van der Waals surface area contributed by atoms with E-state index in [2.05, 4.69) is 6.07 Å². The molecule has 0 unspecified atom stereocenters. The van der Waals surface area contributed by atoms with Gasteiger partial charge in [-0.15, -0.1) is 11.8 Å². The van der Waals surface area contributed by atoms with Crippen molar-refractivity contribution in [2.24, 2.45) is 5.92 Å². The number of rotatable bonds is 8. The highest BCUT2D eigenvalue weighted by molar-refractivity contribution is 7.98. The molecule has 4 nitrogen and oxygen atoms in total. The molecule has 6 heteroatoms. The van der Waals surface area contributed by atoms with Crippen molar-refractivity contribution in [3.05, 3.63) is 52.5 Å². The Labute approximate surface area is 174 Å². The first-order valence-electron chi connectivity index (χ1n) is 9.38. The molecule has 1 aliphatic carbocycles. The van der Waals surface area contributed by atoms with Crippen LogP contribution >= 0.6 is 23.4 Å². The second-order valence-corrected chi connectivity index (χ2v) is 8.38. The van der Waals surface area contributed by atoms with Gasteiger partial charge in [-0.2, -0.15) is 0 Å². The number of carboxylic acid groups (broad SMARTS) is 1. The summed E-state index contributed by atoms with van der Waals surface area (Å²) in [6, 6.07) is 11.6. The smallest absolute Gasteiger partial charge is 0.307 e. The van der Waals surface area contributed by atoms with Gasteiger partial charge in [0.05, 0.1) is 6.42 Å². The molecule has 1 aliphatic rings. The number of thioether (sulfide) groups is 1. The second kappa shape index (κ2) is 9.01. The van der Waals surface area contributed by atoms with Crippen LogP contribution in [-0.4, -0.2) is 34.7 Å². The molecule has 28 heavy (non-hydrogen) atoms. The van der Waals surface area contributed by atoms with E-state index in [9.17, 15) is 9.59 Å². The van der Waals surface area contributed by atoms with Gasteiger partial charge in [0.15, 0.2) is 0 Å². The van der Waals surface area contributed by atoms with Gasteiger partial charge in [0.25, 0.3) is 0 Å². The molecule has 0 aromatic heterocycles. The molecule has 0 heterocycles. The number of hydrogen-bond donors (Lipinski definition) is 1. The highest BCUT2D eigenvalue weighted by Crippen LogP contribution is 2.34. The number of aliphatic carboxylic acids is 1. The van der Waals surface area contributed by atoms with Crippen molar-refractivity contribution in [2.45, 2.75) is 37.6 Å². The van der Waals surface area contributed by atoms with E-state index in [4.69, 9.17) is 16.7 Å². The van der Waals surface area contributed by atoms with E-state index < -0.39 is 5.97 Å². The van der Waals surface area contributed by atoms with E-state index in [-0.39, 0.29) is 18.2 Å². The molecule has 0 bridgehead atoms. The molecule has 0 spiro atoms. The van der Waals surface area contributed by atoms with E-state index in [0.717, 1.165) is 34.4 Å². The van der Waals surface area contributed by atoms with Gasteiger partial charge in [-0.1, -0.05) is 23.7 Å². The standard InChI is InChI=1S/C22H24ClNO3S/c1-3-24(22(27)15-4-5-15)13-17-12-19(28-2)6-7-20(17)16-8-14(10-21(25)26)9-18(23)11-16/h6-9,11-12,15H,3-5,10,13H2,1-2H3,(H,25,26). The molecular formula is C22H24ClNO3S. The third-order valence-corrected chi connectivity index (χ3v) is 5.86. The Kier molecular flexibility index (Phi) is 6.68. The van der Waals surface area contributed by atoms with Crippen LogP contribution < -0.4 is 0 Å². The van der Waals surface area contributed by atoms with Crippen molar-refractivity contribution in [1.82, 2.24) is 4.90 Å². The van der Waals surface area contributed by atoms with Crippen molar-refractivity contribution in [1.29, 1.82) is 0 Å². The fourth-order valence-electron chi connectivity index (χ4n) is 3.33. The summed E-state index contributed by atoms with van der Waals surface area (Å²) in [5.74, 6) is -0.487. The highest BCUT2D eigenvalue weighted by Gasteiger charge is 2.33. The van der Waals surface area contributed by atoms with E-state index in [1.807, 2.05) is 42.3 Å². The zero-order valence-electron chi connectivity index (χ0n) is 16.1. The third-order valence-electron chi connectivity index (χ3n) is 4.92. The normalized spacial score (nSPS) is 13.4. The van der Waals surface area contributed by atoms with E-state index >= 15 is 0 Å². The van der Waals surface area contributed by atoms with Gasteiger partial charge in [0, 0.05) is 28.9 Å². The molecule has 2 aromatic carbocycles. The van der Waals surface area contributed by atoms with Crippen molar-refractivity contribution in [2.75, 3.05) is 12.8 Å². The van der Waals surface area contributed by atoms with Crippen LogP contribution in [0.15, 0.2) is 41.3 Å². The zero-order chi connectivity index (χ0) is 20.3. The molecule has 1 N–H and O–H groups in total. The highest BCUT2D eigenvalue weighted by atomic mass is 35.5. The summed E-state index contributed by atoms with van der Waals surface area (Å²) in [7, 11) is 0. The molecule has 0 aliphatic heterocycles. The average Bonchev–Trinajstić information content (AvgIpc) is 3.49. The fraction of sp³-hybridized carbons (Fsp3) is 0.364. The van der Waals surface area contributed by atoms with Crippen LogP contribution in [-0.2, 0) is 22.6 Å². The van der Waals surface area contributed by atoms with Crippen LogP contribution in [0.3, 0.4) is 0 Å². The summed E-state index contributed by atoms with van der Waals surface area (Å²) in [6.07, 6.45) is 3.92. The number of carbonyl (C=O) groups excluding carboxylic acids is 1. The summed E-state index contributed by atoms with van der Waals surface area (Å²) in [5.41, 5.74) is 3.57. The predicted octanol–water partition coefficient (Wildman–Crippen LogP) is 5.11. The molecule has 148 valence electrons. The van der Waals surface area contributed by atoms with Crippen molar-refractivity contribution in [3.8, 4) is 11.1 Å². The Morgan fingerprint density at radius 1 is 1.21 bits per heavy atom. The lowest BCUT2D eigenvalue weighted by Gasteiger charge is -2.23. The Bertz CT molecular complexity index is 895. The van der Waals surface area contributed by atoms with Crippen LogP contribution in [0.4, 0.5) is 0 Å². The van der Waals surface area contributed by atoms with Gasteiger partial charge >= 0.3 is 5.97 Å². The molecule has 0 saturated heterocycles. The number of benzene rings is 2. The Morgan fingerprint density at radius 2 is 1.96 bits per heavy atom. The Hall–Kier alpha value is -1.98. The van der Waals surface area contributed by atoms with Crippen LogP contribution in [0.2, 0.25) is 5.02 Å². The largest absolute Gasteiger partial charge is 0.481 e. The van der Waals surface area contributed by atoms with Crippen LogP contribution in [0.1, 0.15) is 30.9 Å². The van der Waals surface area contributed by atoms with Crippen molar-refractivity contribution in [3.63, 3.8) is 0 Å². The first kappa shape index (κ1) is 20.7. The summed E-state index contributed by atoms with van der Waals surface area (Å²) < 4.78 is 0. The van der Waals surface area contributed by atoms with Gasteiger partial charge in [-0.05, 0) is 72.5 Å². The van der Waals surface area contributed by atoms with Gasteiger partial charge in [0.2, 0.25) is 5.91 Å². The van der Waals surface area contributed by atoms with Gasteiger partial charge in [-0.25, -0.2) is 0 Å². The van der Waals surface area contributed by atoms with Crippen molar-refractivity contribution >= 4 is 35.2 Å². The minimum atomic E-state index is -0.890. The summed E-state index contributed by atoms with van der Waals surface area (Å²) >= 11 is 7.92. The van der Waals surface area contributed by atoms with Crippen molar-refractivity contribution < 1.29 is 14.7 Å². The molecule has 1 amide bonds. The van der Waals surface area contributed by atoms with Crippen LogP contribution in [0.25, 0.3) is 11.1 Å². The fourth-order valence-corrected chi connectivity index (χ4v) is 4.05. The van der Waals surface area contributed by atoms with E-state index in [1.54, 1.807) is 17.8 Å². The average molecular weight is 418 g/mol.